The van der Waals surface area contributed by atoms with E-state index in [0.717, 1.165) is 38.8 Å². The molecule has 0 saturated carbocycles. The summed E-state index contributed by atoms with van der Waals surface area (Å²) in [5, 5.41) is 22.3. The molecule has 0 bridgehead atoms. The highest BCUT2D eigenvalue weighted by Gasteiger charge is 2.11. The van der Waals surface area contributed by atoms with E-state index in [9.17, 15) is 9.59 Å². The number of carboxylic acid groups (broad SMARTS) is 2. The van der Waals surface area contributed by atoms with Crippen LogP contribution in [0.1, 0.15) is 24.0 Å². The topological polar surface area (TPSA) is 151 Å². The van der Waals surface area contributed by atoms with E-state index in [-0.39, 0.29) is 0 Å². The molecule has 172 valence electrons. The number of aryl methyl sites for hydroxylation is 2. The van der Waals surface area contributed by atoms with E-state index in [2.05, 4.69) is 59.2 Å². The molecule has 0 aromatic heterocycles. The number of carboxylic acids is 2. The standard InChI is InChI=1S/2C10H14N2.C4H4O4/c2*11-9-6-5-8-3-1-2-4-10(8)12-7-9;5-3(6)1-2-4(7)8/h2*1-4,9,12H,5-7,11H2;1-2H,(H,5,6)(H,7,8)/b;;2-1+. The molecule has 0 aliphatic carbocycles. The maximum absolute atomic E-state index is 9.55. The zero-order valence-electron chi connectivity index (χ0n) is 18.0. The summed E-state index contributed by atoms with van der Waals surface area (Å²) < 4.78 is 0. The van der Waals surface area contributed by atoms with Crippen LogP contribution in [0.5, 0.6) is 0 Å². The minimum atomic E-state index is -1.26. The van der Waals surface area contributed by atoms with Crippen LogP contribution in [0, 0.1) is 0 Å². The highest BCUT2D eigenvalue weighted by molar-refractivity contribution is 5.89. The zero-order chi connectivity index (χ0) is 23.3. The number of nitrogens with one attached hydrogen (secondary N) is 2. The van der Waals surface area contributed by atoms with Crippen molar-refractivity contribution in [1.82, 2.24) is 0 Å². The van der Waals surface area contributed by atoms with Gasteiger partial charge < -0.3 is 32.3 Å². The Balaban J connectivity index is 0.000000175. The highest BCUT2D eigenvalue weighted by Crippen LogP contribution is 2.20. The molecule has 0 spiro atoms. The Kier molecular flexibility index (Phi) is 10.2. The van der Waals surface area contributed by atoms with Crippen LogP contribution in [-0.4, -0.2) is 47.3 Å². The fourth-order valence-electron chi connectivity index (χ4n) is 3.33. The minimum Gasteiger partial charge on any atom is -0.478 e. The van der Waals surface area contributed by atoms with Gasteiger partial charge in [0.15, 0.2) is 0 Å². The quantitative estimate of drug-likeness (QED) is 0.390. The number of nitrogens with two attached hydrogens (primary N) is 2. The fraction of sp³-hybridized carbons (Fsp3) is 0.333. The molecule has 2 aromatic carbocycles. The monoisotopic (exact) mass is 440 g/mol. The molecule has 8 heteroatoms. The van der Waals surface area contributed by atoms with E-state index in [0.29, 0.717) is 24.2 Å². The van der Waals surface area contributed by atoms with Crippen LogP contribution in [0.25, 0.3) is 0 Å². The summed E-state index contributed by atoms with van der Waals surface area (Å²) >= 11 is 0. The van der Waals surface area contributed by atoms with Gasteiger partial charge >= 0.3 is 11.9 Å². The van der Waals surface area contributed by atoms with Crippen molar-refractivity contribution in [2.75, 3.05) is 23.7 Å². The first-order valence-corrected chi connectivity index (χ1v) is 10.6. The van der Waals surface area contributed by atoms with Gasteiger partial charge in [-0.25, -0.2) is 9.59 Å². The number of carbonyl (C=O) groups is 2. The Morgan fingerprint density at radius 1 is 0.750 bits per heavy atom. The summed E-state index contributed by atoms with van der Waals surface area (Å²) in [5.41, 5.74) is 17.0. The van der Waals surface area contributed by atoms with Crippen molar-refractivity contribution in [1.29, 1.82) is 0 Å². The lowest BCUT2D eigenvalue weighted by molar-refractivity contribution is -0.134. The molecule has 8 N–H and O–H groups in total. The Morgan fingerprint density at radius 2 is 1.12 bits per heavy atom. The predicted molar refractivity (Wildman–Crippen MR) is 127 cm³/mol. The molecule has 0 amide bonds. The maximum atomic E-state index is 9.55. The van der Waals surface area contributed by atoms with E-state index >= 15 is 0 Å². The first-order valence-electron chi connectivity index (χ1n) is 10.6. The number of rotatable bonds is 2. The van der Waals surface area contributed by atoms with Gasteiger partial charge in [-0.05, 0) is 48.9 Å². The zero-order valence-corrected chi connectivity index (χ0v) is 18.0. The van der Waals surface area contributed by atoms with Gasteiger partial charge in [-0.1, -0.05) is 36.4 Å². The van der Waals surface area contributed by atoms with E-state index in [1.807, 2.05) is 0 Å². The van der Waals surface area contributed by atoms with E-state index in [1.54, 1.807) is 0 Å². The molecule has 0 radical (unpaired) electrons. The van der Waals surface area contributed by atoms with Crippen molar-refractivity contribution in [2.45, 2.75) is 37.8 Å². The number of hydrogen-bond acceptors (Lipinski definition) is 6. The second-order valence-electron chi connectivity index (χ2n) is 7.68. The molecule has 0 fully saturated rings. The van der Waals surface area contributed by atoms with Crippen LogP contribution >= 0.6 is 0 Å². The number of benzene rings is 2. The Morgan fingerprint density at radius 3 is 1.50 bits per heavy atom. The maximum Gasteiger partial charge on any atom is 0.328 e. The van der Waals surface area contributed by atoms with Crippen LogP contribution < -0.4 is 22.1 Å². The van der Waals surface area contributed by atoms with E-state index in [1.165, 1.54) is 22.5 Å². The van der Waals surface area contributed by atoms with Gasteiger partial charge in [0.25, 0.3) is 0 Å². The Bertz CT molecular complexity index is 789. The molecule has 2 heterocycles. The lowest BCUT2D eigenvalue weighted by atomic mass is 10.1. The second-order valence-corrected chi connectivity index (χ2v) is 7.68. The number of aliphatic carboxylic acids is 2. The number of anilines is 2. The molecule has 2 unspecified atom stereocenters. The van der Waals surface area contributed by atoms with Gasteiger partial charge in [0, 0.05) is 48.7 Å². The van der Waals surface area contributed by atoms with Crippen LogP contribution in [0.15, 0.2) is 60.7 Å². The van der Waals surface area contributed by atoms with Crippen LogP contribution in [0.4, 0.5) is 11.4 Å². The van der Waals surface area contributed by atoms with E-state index < -0.39 is 11.9 Å². The van der Waals surface area contributed by atoms with Gasteiger partial charge in [-0.2, -0.15) is 0 Å². The number of hydrogen-bond donors (Lipinski definition) is 6. The predicted octanol–water partition coefficient (Wildman–Crippen LogP) is 2.46. The van der Waals surface area contributed by atoms with Gasteiger partial charge in [0.1, 0.15) is 0 Å². The third-order valence-corrected chi connectivity index (χ3v) is 5.08. The van der Waals surface area contributed by atoms with Crippen molar-refractivity contribution in [3.8, 4) is 0 Å². The third-order valence-electron chi connectivity index (χ3n) is 5.08. The molecule has 2 aliphatic heterocycles. The largest absolute Gasteiger partial charge is 0.478 e. The first-order chi connectivity index (χ1) is 15.3. The lowest BCUT2D eigenvalue weighted by Gasteiger charge is -2.07. The summed E-state index contributed by atoms with van der Waals surface area (Å²) in [7, 11) is 0. The average molecular weight is 441 g/mol. The normalized spacial score (nSPS) is 19.1. The number of fused-ring (bicyclic) bond motifs is 2. The van der Waals surface area contributed by atoms with E-state index in [4.69, 9.17) is 21.7 Å². The van der Waals surface area contributed by atoms with Gasteiger partial charge in [-0.3, -0.25) is 0 Å². The smallest absolute Gasteiger partial charge is 0.328 e. The van der Waals surface area contributed by atoms with Crippen molar-refractivity contribution < 1.29 is 19.8 Å². The molecule has 2 aliphatic rings. The molecular weight excluding hydrogens is 408 g/mol. The summed E-state index contributed by atoms with van der Waals surface area (Å²) in [6.45, 7) is 1.80. The molecule has 32 heavy (non-hydrogen) atoms. The molecule has 0 saturated heterocycles. The van der Waals surface area contributed by atoms with Crippen molar-refractivity contribution in [2.24, 2.45) is 11.5 Å². The third kappa shape index (κ3) is 9.20. The summed E-state index contributed by atoms with van der Waals surface area (Å²) in [6.07, 6.45) is 5.49. The lowest BCUT2D eigenvalue weighted by Crippen LogP contribution is -2.27. The van der Waals surface area contributed by atoms with Crippen LogP contribution in [0.3, 0.4) is 0 Å². The van der Waals surface area contributed by atoms with Crippen molar-refractivity contribution >= 4 is 23.3 Å². The van der Waals surface area contributed by atoms with Gasteiger partial charge in [-0.15, -0.1) is 0 Å². The van der Waals surface area contributed by atoms with Gasteiger partial charge in [0.05, 0.1) is 0 Å². The highest BCUT2D eigenvalue weighted by atomic mass is 16.4. The molecular formula is C24H32N4O4. The summed E-state index contributed by atoms with van der Waals surface area (Å²) in [5.74, 6) is -2.51. The van der Waals surface area contributed by atoms with Crippen LogP contribution in [-0.2, 0) is 22.4 Å². The molecule has 2 aromatic rings. The van der Waals surface area contributed by atoms with Crippen LogP contribution in [0.2, 0.25) is 0 Å². The average Bonchev–Trinajstić information content (AvgIpc) is 3.09. The van der Waals surface area contributed by atoms with Gasteiger partial charge in [0.2, 0.25) is 0 Å². The fourth-order valence-corrected chi connectivity index (χ4v) is 3.33. The molecule has 8 nitrogen and oxygen atoms in total. The summed E-state index contributed by atoms with van der Waals surface area (Å²) in [6, 6.07) is 17.5. The SMILES string of the molecule is NC1CCc2ccccc2NC1.NC1CCc2ccccc2NC1.O=C(O)/C=C/C(=O)O. The van der Waals surface area contributed by atoms with Crippen molar-refractivity contribution in [3.05, 3.63) is 71.8 Å². The Labute approximate surface area is 188 Å². The number of para-hydroxylation sites is 2. The Hall–Kier alpha value is -3.36. The molecule has 4 rings (SSSR count). The second kappa shape index (κ2) is 13.1. The summed E-state index contributed by atoms with van der Waals surface area (Å²) in [4.78, 5) is 19.1. The molecule has 2 atom stereocenters. The van der Waals surface area contributed by atoms with Crippen molar-refractivity contribution in [3.63, 3.8) is 0 Å². The first kappa shape index (κ1) is 24.9. The minimum absolute atomic E-state index is 0.303.